The summed E-state index contributed by atoms with van der Waals surface area (Å²) in [4.78, 5) is 31.7. The number of allylic oxidation sites excluding steroid dienone is 1. The van der Waals surface area contributed by atoms with Crippen molar-refractivity contribution in [2.24, 2.45) is 17.8 Å². The van der Waals surface area contributed by atoms with E-state index >= 15 is 0 Å². The molecule has 9 atom stereocenters. The number of ether oxygens (including phenoxy) is 2. The van der Waals surface area contributed by atoms with Gasteiger partial charge in [0.05, 0.1) is 10.7 Å². The van der Waals surface area contributed by atoms with Gasteiger partial charge >= 0.3 is 11.9 Å². The number of hydrogen-bond acceptors (Lipinski definition) is 9. The molecule has 4 aliphatic rings. The zero-order chi connectivity index (χ0) is 30.0. The number of para-hydroxylation sites is 1. The summed E-state index contributed by atoms with van der Waals surface area (Å²) in [6.45, 7) is 5.97. The molecule has 0 unspecified atom stereocenters. The second kappa shape index (κ2) is 10.6. The van der Waals surface area contributed by atoms with Crippen LogP contribution in [0.3, 0.4) is 0 Å². The fourth-order valence-electron chi connectivity index (χ4n) is 7.11. The van der Waals surface area contributed by atoms with Crippen molar-refractivity contribution in [3.05, 3.63) is 52.1 Å². The van der Waals surface area contributed by atoms with Crippen LogP contribution in [0.5, 0.6) is 0 Å². The second-order valence-electron chi connectivity index (χ2n) is 11.7. The van der Waals surface area contributed by atoms with Crippen LogP contribution in [0.4, 0.5) is 14.5 Å². The smallest absolute Gasteiger partial charge is 0.323 e. The number of benzene rings is 1. The zero-order valence-corrected chi connectivity index (χ0v) is 24.2. The molecular formula is C29H35ClF2N2O7. The van der Waals surface area contributed by atoms with Gasteiger partial charge in [-0.15, -0.1) is 0 Å². The number of carbonyl (C=O) groups is 2. The number of anilines is 1. The van der Waals surface area contributed by atoms with Crippen molar-refractivity contribution in [3.8, 4) is 0 Å². The Balaban J connectivity index is 1.49. The summed E-state index contributed by atoms with van der Waals surface area (Å²) in [7, 11) is 1.63. The number of nitrogens with zero attached hydrogens (tertiary/aromatic N) is 1. The minimum Gasteiger partial charge on any atom is -0.454 e. The predicted molar refractivity (Wildman–Crippen MR) is 145 cm³/mol. The number of esters is 2. The Morgan fingerprint density at radius 2 is 1.90 bits per heavy atom. The number of carbonyl (C=O) groups excluding carboxylic acids is 2. The lowest BCUT2D eigenvalue weighted by atomic mass is 9.56. The van der Waals surface area contributed by atoms with Crippen LogP contribution in [0.2, 0.25) is 5.02 Å². The van der Waals surface area contributed by atoms with Crippen molar-refractivity contribution >= 4 is 29.2 Å². The Kier molecular flexibility index (Phi) is 7.74. The van der Waals surface area contributed by atoms with Gasteiger partial charge in [0.2, 0.25) is 0 Å². The third kappa shape index (κ3) is 4.75. The molecule has 0 bridgehead atoms. The van der Waals surface area contributed by atoms with E-state index in [1.54, 1.807) is 45.2 Å². The summed E-state index contributed by atoms with van der Waals surface area (Å²) in [5.41, 5.74) is -2.15. The van der Waals surface area contributed by atoms with E-state index in [-0.39, 0.29) is 12.0 Å². The van der Waals surface area contributed by atoms with Gasteiger partial charge in [-0.3, -0.25) is 24.8 Å². The molecule has 0 aromatic heterocycles. The molecule has 3 N–H and O–H groups in total. The summed E-state index contributed by atoms with van der Waals surface area (Å²) < 4.78 is 39.1. The number of aliphatic hydroxyl groups is 2. The first-order valence-electron chi connectivity index (χ1n) is 13.7. The van der Waals surface area contributed by atoms with E-state index in [4.69, 9.17) is 25.9 Å². The molecule has 9 nitrogen and oxygen atoms in total. The van der Waals surface area contributed by atoms with Crippen molar-refractivity contribution in [1.29, 1.82) is 0 Å². The molecule has 224 valence electrons. The second-order valence-corrected chi connectivity index (χ2v) is 12.1. The van der Waals surface area contributed by atoms with Crippen molar-refractivity contribution in [2.75, 3.05) is 12.1 Å². The monoisotopic (exact) mass is 596 g/mol. The standard InChI is InChI=1S/C29H35ClF2N2O7/c1-13-11-19-17(15(3)25(31)32)10-9-14(2)29(19,38)24(23(13)39-16(4)35)40-26(36)21-12-28(37)18-7-6-8-20(30)22(18)34(5)41-27(28)33-21/h6-8,11,14,17,19,21,23-24,27,33,37-38H,9-10,12H2,1-5H3/t14-,17+,19-,21+,23-,24+,27-,28-,29-/m1/s1. The quantitative estimate of drug-likeness (QED) is 0.351. The first kappa shape index (κ1) is 29.9. The third-order valence-corrected chi connectivity index (χ3v) is 9.60. The van der Waals surface area contributed by atoms with E-state index in [2.05, 4.69) is 5.32 Å². The van der Waals surface area contributed by atoms with Gasteiger partial charge in [0, 0.05) is 31.9 Å². The minimum atomic E-state index is -1.81. The van der Waals surface area contributed by atoms with Gasteiger partial charge in [0.15, 0.2) is 18.4 Å². The molecule has 41 heavy (non-hydrogen) atoms. The van der Waals surface area contributed by atoms with Crippen molar-refractivity contribution in [3.63, 3.8) is 0 Å². The maximum atomic E-state index is 13.8. The van der Waals surface area contributed by atoms with E-state index in [1.165, 1.54) is 18.9 Å². The Hall–Kier alpha value is -2.57. The molecule has 12 heteroatoms. The molecule has 0 radical (unpaired) electrons. The molecule has 0 spiro atoms. The van der Waals surface area contributed by atoms with Crippen molar-refractivity contribution < 1.29 is 42.9 Å². The maximum Gasteiger partial charge on any atom is 0.323 e. The largest absolute Gasteiger partial charge is 0.454 e. The first-order chi connectivity index (χ1) is 19.2. The van der Waals surface area contributed by atoms with E-state index < -0.39 is 71.5 Å². The maximum absolute atomic E-state index is 13.8. The Morgan fingerprint density at radius 1 is 1.20 bits per heavy atom. The third-order valence-electron chi connectivity index (χ3n) is 9.30. The van der Waals surface area contributed by atoms with Crippen LogP contribution in [-0.2, 0) is 29.5 Å². The van der Waals surface area contributed by atoms with Gasteiger partial charge < -0.3 is 19.7 Å². The number of halogens is 3. The SMILES string of the molecule is CC(=O)O[C@@H]1C(C)=C[C@@H]2[C@H](C(C)=C(F)F)CC[C@@H](C)[C@]2(O)[C@H]1OC(=O)[C@@H]1C[C@@]2(O)c3cccc(Cl)c3N(C)O[C@H]2N1. The number of fused-ring (bicyclic) bond motifs is 4. The summed E-state index contributed by atoms with van der Waals surface area (Å²) in [5.74, 6) is -3.46. The van der Waals surface area contributed by atoms with Crippen molar-refractivity contribution in [2.45, 2.75) is 82.6 Å². The number of hydrogen-bond donors (Lipinski definition) is 3. The van der Waals surface area contributed by atoms with Crippen LogP contribution in [0.15, 0.2) is 41.5 Å². The van der Waals surface area contributed by atoms with Gasteiger partial charge in [0.1, 0.15) is 17.2 Å². The molecule has 0 amide bonds. The summed E-state index contributed by atoms with van der Waals surface area (Å²) in [6, 6.07) is 3.98. The Morgan fingerprint density at radius 3 is 2.56 bits per heavy atom. The van der Waals surface area contributed by atoms with E-state index in [1.807, 2.05) is 0 Å². The fraction of sp³-hybridized carbons (Fsp3) is 0.586. The zero-order valence-electron chi connectivity index (χ0n) is 23.5. The average molecular weight is 597 g/mol. The van der Waals surface area contributed by atoms with Gasteiger partial charge in [-0.2, -0.15) is 8.78 Å². The average Bonchev–Trinajstić information content (AvgIpc) is 3.25. The van der Waals surface area contributed by atoms with E-state index in [0.717, 1.165) is 0 Å². The molecule has 2 aliphatic heterocycles. The van der Waals surface area contributed by atoms with Crippen LogP contribution in [-0.4, -0.2) is 59.3 Å². The summed E-state index contributed by atoms with van der Waals surface area (Å²) in [6.07, 6.45) is -3.01. The highest BCUT2D eigenvalue weighted by molar-refractivity contribution is 6.33. The number of nitrogens with one attached hydrogen (secondary N) is 1. The van der Waals surface area contributed by atoms with Gasteiger partial charge in [-0.05, 0) is 55.7 Å². The highest BCUT2D eigenvalue weighted by Gasteiger charge is 2.62. The van der Waals surface area contributed by atoms with Gasteiger partial charge in [0.25, 0.3) is 6.08 Å². The number of rotatable bonds is 4. The molecule has 2 heterocycles. The van der Waals surface area contributed by atoms with Gasteiger partial charge in [-0.1, -0.05) is 36.7 Å². The Labute approximate surface area is 242 Å². The molecular weight excluding hydrogens is 562 g/mol. The molecule has 2 fully saturated rings. The molecule has 2 aliphatic carbocycles. The number of hydroxylamine groups is 1. The highest BCUT2D eigenvalue weighted by atomic mass is 35.5. The van der Waals surface area contributed by atoms with Crippen LogP contribution >= 0.6 is 11.6 Å². The molecule has 1 aromatic carbocycles. The Bertz CT molecular complexity index is 1320. The van der Waals surface area contributed by atoms with Gasteiger partial charge in [-0.25, -0.2) is 0 Å². The summed E-state index contributed by atoms with van der Waals surface area (Å²) in [5, 5.41) is 28.7. The van der Waals surface area contributed by atoms with E-state index in [9.17, 15) is 28.6 Å². The normalized spacial score (nSPS) is 37.8. The predicted octanol–water partition coefficient (Wildman–Crippen LogP) is 3.96. The topological polar surface area (TPSA) is 118 Å². The highest BCUT2D eigenvalue weighted by Crippen LogP contribution is 2.53. The fourth-order valence-corrected chi connectivity index (χ4v) is 7.40. The lowest BCUT2D eigenvalue weighted by molar-refractivity contribution is -0.221. The molecule has 1 saturated heterocycles. The lowest BCUT2D eigenvalue weighted by Crippen LogP contribution is -2.66. The van der Waals surface area contributed by atoms with E-state index in [0.29, 0.717) is 34.7 Å². The van der Waals surface area contributed by atoms with Crippen LogP contribution in [0.1, 0.15) is 52.5 Å². The minimum absolute atomic E-state index is 0.133. The van der Waals surface area contributed by atoms with Crippen LogP contribution in [0.25, 0.3) is 0 Å². The molecule has 1 aromatic rings. The van der Waals surface area contributed by atoms with Crippen LogP contribution in [0, 0.1) is 17.8 Å². The van der Waals surface area contributed by atoms with Crippen molar-refractivity contribution in [1.82, 2.24) is 5.32 Å². The lowest BCUT2D eigenvalue weighted by Gasteiger charge is -2.55. The van der Waals surface area contributed by atoms with Crippen LogP contribution < -0.4 is 10.4 Å². The molecule has 5 rings (SSSR count). The first-order valence-corrected chi connectivity index (χ1v) is 14.1. The molecule has 1 saturated carbocycles. The summed E-state index contributed by atoms with van der Waals surface area (Å²) >= 11 is 6.37.